The quantitative estimate of drug-likeness (QED) is 0.289. The molecule has 4 heteroatoms. The van der Waals surface area contributed by atoms with Gasteiger partial charge in [-0.1, -0.05) is 30.3 Å². The summed E-state index contributed by atoms with van der Waals surface area (Å²) in [6.45, 7) is 11.9. The van der Waals surface area contributed by atoms with Crippen molar-refractivity contribution in [2.24, 2.45) is 0 Å². The van der Waals surface area contributed by atoms with Crippen LogP contribution >= 0.6 is 0 Å². The summed E-state index contributed by atoms with van der Waals surface area (Å²) in [5.41, 5.74) is 0. The van der Waals surface area contributed by atoms with Gasteiger partial charge in [0, 0.05) is 0 Å². The SMILES string of the molecule is [CH2-][Si]([CH2-])([CH2-])c1ccccc1.[Li+].[Li+].[Li+]. The van der Waals surface area contributed by atoms with Gasteiger partial charge in [0.05, 0.1) is 0 Å². The van der Waals surface area contributed by atoms with Crippen LogP contribution < -0.4 is 61.8 Å². The molecule has 1 rings (SSSR count). The van der Waals surface area contributed by atoms with E-state index < -0.39 is 8.07 Å². The minimum absolute atomic E-state index is 0. The summed E-state index contributed by atoms with van der Waals surface area (Å²) in [5.74, 6) is 0. The van der Waals surface area contributed by atoms with E-state index in [0.717, 1.165) is 0 Å². The molecule has 1 aromatic rings. The maximum absolute atomic E-state index is 3.96. The van der Waals surface area contributed by atoms with Gasteiger partial charge in [-0.05, 0) is 0 Å². The number of benzene rings is 1. The third kappa shape index (κ3) is 7.19. The summed E-state index contributed by atoms with van der Waals surface area (Å²) >= 11 is 0. The third-order valence-corrected chi connectivity index (χ3v) is 2.94. The van der Waals surface area contributed by atoms with Gasteiger partial charge in [0.2, 0.25) is 0 Å². The zero-order valence-electron chi connectivity index (χ0n) is 9.01. The van der Waals surface area contributed by atoms with E-state index in [1.54, 1.807) is 0 Å². The van der Waals surface area contributed by atoms with Crippen molar-refractivity contribution in [2.75, 3.05) is 0 Å². The Hall–Kier alpha value is 1.23. The summed E-state index contributed by atoms with van der Waals surface area (Å²) in [7, 11) is -1.78. The molecule has 13 heavy (non-hydrogen) atoms. The molecular weight excluding hydrogens is 157 g/mol. The minimum Gasteiger partial charge on any atom is -0.386 e. The number of hydrogen-bond donors (Lipinski definition) is 0. The largest absolute Gasteiger partial charge is 1.00 e. The van der Waals surface area contributed by atoms with Crippen LogP contribution in [0.15, 0.2) is 30.3 Å². The van der Waals surface area contributed by atoms with Crippen LogP contribution in [0.5, 0.6) is 0 Å². The molecule has 0 bridgehead atoms. The topological polar surface area (TPSA) is 0 Å². The monoisotopic (exact) mass is 168 g/mol. The Morgan fingerprint density at radius 2 is 1.15 bits per heavy atom. The number of hydrogen-bond acceptors (Lipinski definition) is 0. The van der Waals surface area contributed by atoms with Gasteiger partial charge in [-0.3, -0.25) is 0 Å². The molecule has 0 aliphatic heterocycles. The van der Waals surface area contributed by atoms with E-state index in [0.29, 0.717) is 0 Å². The zero-order chi connectivity index (χ0) is 7.61. The molecule has 0 saturated carbocycles. The first-order chi connectivity index (χ1) is 4.61. The fraction of sp³-hybridized carbons (Fsp3) is 0. The van der Waals surface area contributed by atoms with Crippen molar-refractivity contribution < 1.29 is 56.6 Å². The third-order valence-electron chi connectivity index (χ3n) is 1.39. The van der Waals surface area contributed by atoms with Gasteiger partial charge in [0.1, 0.15) is 0 Å². The van der Waals surface area contributed by atoms with Crippen LogP contribution in [-0.4, -0.2) is 8.07 Å². The van der Waals surface area contributed by atoms with Gasteiger partial charge in [-0.15, -0.1) is 0 Å². The minimum atomic E-state index is -1.78. The molecular formula is C9H11Li3Si. The predicted octanol–water partition coefficient (Wildman–Crippen LogP) is -7.53. The average molecular weight is 168 g/mol. The van der Waals surface area contributed by atoms with E-state index in [2.05, 4.69) is 19.6 Å². The Morgan fingerprint density at radius 3 is 1.38 bits per heavy atom. The second-order valence-corrected chi connectivity index (χ2v) is 5.78. The molecule has 0 spiro atoms. The van der Waals surface area contributed by atoms with Crippen molar-refractivity contribution in [2.45, 2.75) is 0 Å². The molecule has 0 saturated heterocycles. The van der Waals surface area contributed by atoms with Crippen molar-refractivity contribution in [1.29, 1.82) is 0 Å². The van der Waals surface area contributed by atoms with Crippen LogP contribution in [0.2, 0.25) is 0 Å². The van der Waals surface area contributed by atoms with Crippen molar-refractivity contribution in [1.82, 2.24) is 0 Å². The first-order valence-electron chi connectivity index (χ1n) is 3.22. The first kappa shape index (κ1) is 19.7. The maximum atomic E-state index is 3.96. The summed E-state index contributed by atoms with van der Waals surface area (Å²) in [4.78, 5) is 0. The Bertz CT molecular complexity index is 206. The van der Waals surface area contributed by atoms with Crippen molar-refractivity contribution in [3.8, 4) is 0 Å². The summed E-state index contributed by atoms with van der Waals surface area (Å²) in [6, 6.07) is 10.1. The second-order valence-electron chi connectivity index (χ2n) is 2.65. The Balaban J connectivity index is -0.000000333. The molecule has 0 amide bonds. The molecule has 0 aliphatic rings. The Labute approximate surface area is 119 Å². The van der Waals surface area contributed by atoms with Gasteiger partial charge in [-0.25, -0.2) is 0 Å². The fourth-order valence-electron chi connectivity index (χ4n) is 0.792. The van der Waals surface area contributed by atoms with Crippen LogP contribution in [0, 0.1) is 19.6 Å². The van der Waals surface area contributed by atoms with E-state index in [-0.39, 0.29) is 56.6 Å². The summed E-state index contributed by atoms with van der Waals surface area (Å²) < 4.78 is 0. The summed E-state index contributed by atoms with van der Waals surface area (Å²) in [5, 5.41) is 1.20. The molecule has 0 aromatic heterocycles. The average Bonchev–Trinajstić information content (AvgIpc) is 1.88. The molecule has 1 aromatic carbocycles. The van der Waals surface area contributed by atoms with Gasteiger partial charge >= 0.3 is 56.6 Å². The molecule has 0 fully saturated rings. The molecule has 0 N–H and O–H groups in total. The predicted molar refractivity (Wildman–Crippen MR) is 47.9 cm³/mol. The van der Waals surface area contributed by atoms with Gasteiger partial charge in [-0.2, -0.15) is 5.19 Å². The van der Waals surface area contributed by atoms with Gasteiger partial charge in [0.15, 0.2) is 0 Å². The number of rotatable bonds is 1. The molecule has 0 unspecified atom stereocenters. The smallest absolute Gasteiger partial charge is 0.386 e. The normalized spacial score (nSPS) is 8.85. The van der Waals surface area contributed by atoms with Crippen molar-refractivity contribution in [3.63, 3.8) is 0 Å². The van der Waals surface area contributed by atoms with E-state index >= 15 is 0 Å². The van der Waals surface area contributed by atoms with Gasteiger partial charge in [0.25, 0.3) is 0 Å². The van der Waals surface area contributed by atoms with Crippen LogP contribution in [0.3, 0.4) is 0 Å². The molecule has 0 atom stereocenters. The van der Waals surface area contributed by atoms with E-state index in [4.69, 9.17) is 0 Å². The molecule has 0 nitrogen and oxygen atoms in total. The van der Waals surface area contributed by atoms with Crippen LogP contribution in [-0.2, 0) is 0 Å². The standard InChI is InChI=1S/C9H11Si.3Li/c1-10(2,3)9-7-5-4-6-8-9;;;/h4-8H,1-3H2;;;/q-3;3*+1. The van der Waals surface area contributed by atoms with E-state index in [1.165, 1.54) is 5.19 Å². The maximum Gasteiger partial charge on any atom is 1.00 e. The zero-order valence-corrected chi connectivity index (χ0v) is 10.0. The molecule has 0 radical (unpaired) electrons. The van der Waals surface area contributed by atoms with Crippen molar-refractivity contribution in [3.05, 3.63) is 50.0 Å². The Morgan fingerprint density at radius 1 is 0.769 bits per heavy atom. The van der Waals surface area contributed by atoms with Crippen LogP contribution in [0.25, 0.3) is 0 Å². The van der Waals surface area contributed by atoms with Crippen LogP contribution in [0.4, 0.5) is 0 Å². The molecule has 0 aliphatic carbocycles. The van der Waals surface area contributed by atoms with Crippen LogP contribution in [0.1, 0.15) is 0 Å². The molecule has 0 heterocycles. The van der Waals surface area contributed by atoms with E-state index in [9.17, 15) is 0 Å². The van der Waals surface area contributed by atoms with Gasteiger partial charge < -0.3 is 27.7 Å². The second kappa shape index (κ2) is 8.53. The first-order valence-corrected chi connectivity index (χ1v) is 5.84. The van der Waals surface area contributed by atoms with Crippen molar-refractivity contribution >= 4 is 13.3 Å². The summed E-state index contributed by atoms with van der Waals surface area (Å²) in [6.07, 6.45) is 0. The Kier molecular flexibility index (Phi) is 13.0. The van der Waals surface area contributed by atoms with E-state index in [1.807, 2.05) is 30.3 Å². The molecule has 54 valence electrons. The fourth-order valence-corrected chi connectivity index (χ4v) is 1.69.